The first kappa shape index (κ1) is 23.6. The molecule has 0 aliphatic rings. The van der Waals surface area contributed by atoms with E-state index in [0.717, 1.165) is 16.8 Å². The predicted molar refractivity (Wildman–Crippen MR) is 136 cm³/mol. The standard InChI is InChI=1S/C24H19Cl3N4OS/c25-17-11-10-16(21(27)14-17)12-13-28-22(32)15-33-24-30-29-23(19-8-4-5-9-20(19)26)31(24)18-6-2-1-3-7-18/h1-11,14H,12-13,15H2,(H,28,32). The van der Waals surface area contributed by atoms with E-state index in [2.05, 4.69) is 15.5 Å². The molecule has 33 heavy (non-hydrogen) atoms. The SMILES string of the molecule is O=C(CSc1nnc(-c2ccccc2Cl)n1-c1ccccc1)NCCc1ccc(Cl)cc1Cl. The van der Waals surface area contributed by atoms with Crippen molar-refractivity contribution in [2.45, 2.75) is 11.6 Å². The summed E-state index contributed by atoms with van der Waals surface area (Å²) in [7, 11) is 0. The van der Waals surface area contributed by atoms with Crippen molar-refractivity contribution in [3.63, 3.8) is 0 Å². The molecule has 0 bridgehead atoms. The summed E-state index contributed by atoms with van der Waals surface area (Å²) in [6, 6.07) is 22.6. The minimum absolute atomic E-state index is 0.105. The van der Waals surface area contributed by atoms with Gasteiger partial charge in [-0.15, -0.1) is 10.2 Å². The van der Waals surface area contributed by atoms with Crippen molar-refractivity contribution in [1.82, 2.24) is 20.1 Å². The molecule has 0 unspecified atom stereocenters. The topological polar surface area (TPSA) is 59.8 Å². The van der Waals surface area contributed by atoms with Crippen LogP contribution in [-0.2, 0) is 11.2 Å². The molecule has 1 heterocycles. The van der Waals surface area contributed by atoms with Gasteiger partial charge in [0.05, 0.1) is 10.8 Å². The Morgan fingerprint density at radius 3 is 2.42 bits per heavy atom. The number of nitrogens with one attached hydrogen (secondary N) is 1. The Kier molecular flexibility index (Phi) is 7.93. The van der Waals surface area contributed by atoms with Crippen molar-refractivity contribution < 1.29 is 4.79 Å². The third kappa shape index (κ3) is 5.89. The molecule has 1 N–H and O–H groups in total. The van der Waals surface area contributed by atoms with Gasteiger partial charge in [0.2, 0.25) is 5.91 Å². The number of hydrogen-bond acceptors (Lipinski definition) is 4. The monoisotopic (exact) mass is 516 g/mol. The summed E-state index contributed by atoms with van der Waals surface area (Å²) >= 11 is 19.9. The van der Waals surface area contributed by atoms with Crippen LogP contribution in [0.25, 0.3) is 17.1 Å². The highest BCUT2D eigenvalue weighted by atomic mass is 35.5. The van der Waals surface area contributed by atoms with E-state index in [1.807, 2.05) is 65.2 Å². The van der Waals surface area contributed by atoms with Crippen LogP contribution in [0.15, 0.2) is 78.0 Å². The third-order valence-corrected chi connectivity index (χ3v) is 6.67. The van der Waals surface area contributed by atoms with Gasteiger partial charge >= 0.3 is 0 Å². The molecule has 4 rings (SSSR count). The lowest BCUT2D eigenvalue weighted by Crippen LogP contribution is -2.27. The molecular weight excluding hydrogens is 499 g/mol. The van der Waals surface area contributed by atoms with Gasteiger partial charge in [-0.25, -0.2) is 0 Å². The van der Waals surface area contributed by atoms with Gasteiger partial charge in [0, 0.05) is 27.8 Å². The highest BCUT2D eigenvalue weighted by Crippen LogP contribution is 2.31. The Morgan fingerprint density at radius 2 is 1.67 bits per heavy atom. The molecule has 3 aromatic carbocycles. The Labute approximate surface area is 211 Å². The van der Waals surface area contributed by atoms with Crippen LogP contribution in [0.4, 0.5) is 0 Å². The van der Waals surface area contributed by atoms with E-state index in [9.17, 15) is 4.79 Å². The second-order valence-corrected chi connectivity index (χ2v) is 9.27. The zero-order chi connectivity index (χ0) is 23.2. The van der Waals surface area contributed by atoms with Gasteiger partial charge in [-0.1, -0.05) is 83.0 Å². The third-order valence-electron chi connectivity index (χ3n) is 4.83. The van der Waals surface area contributed by atoms with Crippen molar-refractivity contribution in [1.29, 1.82) is 0 Å². The summed E-state index contributed by atoms with van der Waals surface area (Å²) in [5.74, 6) is 0.709. The smallest absolute Gasteiger partial charge is 0.230 e. The zero-order valence-electron chi connectivity index (χ0n) is 17.3. The number of rotatable bonds is 8. The van der Waals surface area contributed by atoms with Crippen LogP contribution < -0.4 is 5.32 Å². The quantitative estimate of drug-likeness (QED) is 0.277. The Bertz CT molecular complexity index is 1260. The summed E-state index contributed by atoms with van der Waals surface area (Å²) in [4.78, 5) is 12.5. The molecular formula is C24H19Cl3N4OS. The minimum Gasteiger partial charge on any atom is -0.355 e. The number of amides is 1. The summed E-state index contributed by atoms with van der Waals surface area (Å²) in [6.45, 7) is 0.469. The van der Waals surface area contributed by atoms with Crippen LogP contribution in [0.3, 0.4) is 0 Å². The first-order valence-corrected chi connectivity index (χ1v) is 12.2. The maximum atomic E-state index is 12.5. The molecule has 168 valence electrons. The molecule has 1 amide bonds. The van der Waals surface area contributed by atoms with Crippen LogP contribution >= 0.6 is 46.6 Å². The Hall–Kier alpha value is -2.51. The highest BCUT2D eigenvalue weighted by molar-refractivity contribution is 7.99. The highest BCUT2D eigenvalue weighted by Gasteiger charge is 2.18. The maximum Gasteiger partial charge on any atom is 0.230 e. The van der Waals surface area contributed by atoms with Crippen molar-refractivity contribution >= 4 is 52.5 Å². The number of nitrogens with zero attached hydrogens (tertiary/aromatic N) is 3. The van der Waals surface area contributed by atoms with Crippen LogP contribution in [0.1, 0.15) is 5.56 Å². The molecule has 0 saturated heterocycles. The summed E-state index contributed by atoms with van der Waals surface area (Å²) in [5, 5.41) is 14.0. The normalized spacial score (nSPS) is 10.9. The van der Waals surface area contributed by atoms with E-state index in [0.29, 0.717) is 39.0 Å². The number of carbonyl (C=O) groups is 1. The number of thioether (sulfide) groups is 1. The van der Waals surface area contributed by atoms with Gasteiger partial charge in [0.1, 0.15) is 0 Å². The molecule has 0 fully saturated rings. The first-order chi connectivity index (χ1) is 16.0. The van der Waals surface area contributed by atoms with E-state index in [-0.39, 0.29) is 11.7 Å². The second kappa shape index (κ2) is 11.1. The van der Waals surface area contributed by atoms with Crippen molar-refractivity contribution in [2.24, 2.45) is 0 Å². The van der Waals surface area contributed by atoms with Gasteiger partial charge in [0.15, 0.2) is 11.0 Å². The maximum absolute atomic E-state index is 12.5. The summed E-state index contributed by atoms with van der Waals surface area (Å²) in [6.07, 6.45) is 0.614. The molecule has 5 nitrogen and oxygen atoms in total. The molecule has 0 aliphatic carbocycles. The molecule has 1 aromatic heterocycles. The van der Waals surface area contributed by atoms with Crippen LogP contribution in [0.2, 0.25) is 15.1 Å². The van der Waals surface area contributed by atoms with E-state index < -0.39 is 0 Å². The van der Waals surface area contributed by atoms with E-state index in [4.69, 9.17) is 34.8 Å². The summed E-state index contributed by atoms with van der Waals surface area (Å²) in [5.41, 5.74) is 2.59. The van der Waals surface area contributed by atoms with Gasteiger partial charge in [-0.2, -0.15) is 0 Å². The van der Waals surface area contributed by atoms with Gasteiger partial charge in [-0.3, -0.25) is 9.36 Å². The lowest BCUT2D eigenvalue weighted by molar-refractivity contribution is -0.118. The number of para-hydroxylation sites is 1. The predicted octanol–water partition coefficient (Wildman–Crippen LogP) is 6.35. The fourth-order valence-electron chi connectivity index (χ4n) is 3.23. The average molecular weight is 518 g/mol. The summed E-state index contributed by atoms with van der Waals surface area (Å²) < 4.78 is 1.91. The molecule has 0 radical (unpaired) electrons. The number of benzene rings is 3. The number of hydrogen-bond donors (Lipinski definition) is 1. The molecule has 0 saturated carbocycles. The molecule has 9 heteroatoms. The van der Waals surface area contributed by atoms with E-state index >= 15 is 0 Å². The first-order valence-electron chi connectivity index (χ1n) is 10.1. The number of halogens is 3. The number of aromatic nitrogens is 3. The fourth-order valence-corrected chi connectivity index (χ4v) is 4.74. The molecule has 0 atom stereocenters. The zero-order valence-corrected chi connectivity index (χ0v) is 20.4. The molecule has 4 aromatic rings. The molecule has 0 aliphatic heterocycles. The fraction of sp³-hybridized carbons (Fsp3) is 0.125. The van der Waals surface area contributed by atoms with Gasteiger partial charge in [-0.05, 0) is 48.4 Å². The van der Waals surface area contributed by atoms with Crippen LogP contribution in [0.5, 0.6) is 0 Å². The van der Waals surface area contributed by atoms with Crippen molar-refractivity contribution in [2.75, 3.05) is 12.3 Å². The van der Waals surface area contributed by atoms with Crippen LogP contribution in [-0.4, -0.2) is 33.0 Å². The number of carbonyl (C=O) groups excluding carboxylic acids is 1. The Morgan fingerprint density at radius 1 is 0.909 bits per heavy atom. The van der Waals surface area contributed by atoms with E-state index in [1.165, 1.54) is 11.8 Å². The van der Waals surface area contributed by atoms with Gasteiger partial charge in [0.25, 0.3) is 0 Å². The van der Waals surface area contributed by atoms with Crippen molar-refractivity contribution in [3.8, 4) is 17.1 Å². The largest absolute Gasteiger partial charge is 0.355 e. The second-order valence-electron chi connectivity index (χ2n) is 7.08. The van der Waals surface area contributed by atoms with E-state index in [1.54, 1.807) is 12.1 Å². The lowest BCUT2D eigenvalue weighted by Gasteiger charge is -2.11. The minimum atomic E-state index is -0.105. The van der Waals surface area contributed by atoms with Crippen molar-refractivity contribution in [3.05, 3.63) is 93.4 Å². The average Bonchev–Trinajstić information content (AvgIpc) is 3.24. The van der Waals surface area contributed by atoms with Gasteiger partial charge < -0.3 is 5.32 Å². The Balaban J connectivity index is 1.46. The lowest BCUT2D eigenvalue weighted by atomic mass is 10.1. The van der Waals surface area contributed by atoms with Crippen LogP contribution in [0, 0.1) is 0 Å². The molecule has 0 spiro atoms.